The zero-order valence-electron chi connectivity index (χ0n) is 13.7. The zero-order valence-corrected chi connectivity index (χ0v) is 14.6. The predicted octanol–water partition coefficient (Wildman–Crippen LogP) is 4.90. The van der Waals surface area contributed by atoms with Crippen LogP contribution in [0.3, 0.4) is 0 Å². The molecule has 0 saturated carbocycles. The van der Waals surface area contributed by atoms with Crippen molar-refractivity contribution in [1.82, 2.24) is 10.3 Å². The highest BCUT2D eigenvalue weighted by Crippen LogP contribution is 2.29. The van der Waals surface area contributed by atoms with E-state index in [0.717, 1.165) is 18.7 Å². The second-order valence-electron chi connectivity index (χ2n) is 6.95. The molecule has 2 nitrogen and oxygen atoms in total. The maximum absolute atomic E-state index is 4.90. The number of hydrogen-bond donors (Lipinski definition) is 1. The molecule has 0 aliphatic heterocycles. The van der Waals surface area contributed by atoms with Crippen LogP contribution in [0.15, 0.2) is 30.3 Å². The Morgan fingerprint density at radius 1 is 1.14 bits per heavy atom. The van der Waals surface area contributed by atoms with Crippen molar-refractivity contribution in [2.75, 3.05) is 0 Å². The average Bonchev–Trinajstić information content (AvgIpc) is 2.79. The van der Waals surface area contributed by atoms with E-state index in [9.17, 15) is 0 Å². The quantitative estimate of drug-likeness (QED) is 0.850. The summed E-state index contributed by atoms with van der Waals surface area (Å²) in [5, 5.41) is 4.83. The van der Waals surface area contributed by atoms with Gasteiger partial charge in [0.05, 0.1) is 10.7 Å². The molecule has 0 atom stereocenters. The van der Waals surface area contributed by atoms with Crippen LogP contribution in [0.1, 0.15) is 44.5 Å². The Kier molecular flexibility index (Phi) is 5.17. The summed E-state index contributed by atoms with van der Waals surface area (Å²) in [5.41, 5.74) is 2.48. The normalized spacial score (nSPS) is 12.1. The molecule has 1 aromatic heterocycles. The summed E-state index contributed by atoms with van der Waals surface area (Å²) >= 11 is 1.85. The molecule has 21 heavy (non-hydrogen) atoms. The number of thiazole rings is 1. The Balaban J connectivity index is 2.30. The van der Waals surface area contributed by atoms with Gasteiger partial charge in [0, 0.05) is 28.9 Å². The fourth-order valence-corrected chi connectivity index (χ4v) is 3.37. The lowest BCUT2D eigenvalue weighted by Gasteiger charge is -2.20. The van der Waals surface area contributed by atoms with Crippen LogP contribution < -0.4 is 5.32 Å². The Hall–Kier alpha value is -1.19. The smallest absolute Gasteiger partial charge is 0.0938 e. The maximum Gasteiger partial charge on any atom is 0.0938 e. The van der Waals surface area contributed by atoms with Crippen LogP contribution in [0.5, 0.6) is 0 Å². The highest BCUT2D eigenvalue weighted by molar-refractivity contribution is 7.12. The van der Waals surface area contributed by atoms with Crippen molar-refractivity contribution in [3.05, 3.63) is 40.2 Å². The number of nitrogens with zero attached hydrogens (tertiary/aromatic N) is 1. The molecule has 0 saturated heterocycles. The number of rotatable bonds is 5. The lowest BCUT2D eigenvalue weighted by Crippen LogP contribution is -2.34. The van der Waals surface area contributed by atoms with E-state index in [-0.39, 0.29) is 5.54 Å². The van der Waals surface area contributed by atoms with Crippen LogP contribution in [-0.4, -0.2) is 10.5 Å². The third-order valence-corrected chi connectivity index (χ3v) is 4.23. The Labute approximate surface area is 132 Å². The summed E-state index contributed by atoms with van der Waals surface area (Å²) in [6, 6.07) is 10.5. The second-order valence-corrected chi connectivity index (χ2v) is 8.12. The first kappa shape index (κ1) is 16.2. The van der Waals surface area contributed by atoms with Gasteiger partial charge in [-0.15, -0.1) is 11.3 Å². The molecule has 1 aromatic carbocycles. The van der Waals surface area contributed by atoms with E-state index in [1.807, 2.05) is 11.3 Å². The number of hydrogen-bond acceptors (Lipinski definition) is 3. The van der Waals surface area contributed by atoms with Crippen molar-refractivity contribution in [1.29, 1.82) is 0 Å². The van der Waals surface area contributed by atoms with Crippen LogP contribution in [0.25, 0.3) is 11.3 Å². The van der Waals surface area contributed by atoms with E-state index in [1.54, 1.807) is 0 Å². The minimum absolute atomic E-state index is 0.121. The number of aromatic nitrogens is 1. The molecule has 1 N–H and O–H groups in total. The molecule has 0 bridgehead atoms. The lowest BCUT2D eigenvalue weighted by molar-refractivity contribution is 0.426. The molecule has 114 valence electrons. The van der Waals surface area contributed by atoms with Crippen LogP contribution in [0.2, 0.25) is 0 Å². The van der Waals surface area contributed by atoms with Gasteiger partial charge in [-0.2, -0.15) is 0 Å². The van der Waals surface area contributed by atoms with Crippen molar-refractivity contribution in [2.45, 2.75) is 53.1 Å². The second kappa shape index (κ2) is 6.71. The maximum atomic E-state index is 4.90. The van der Waals surface area contributed by atoms with Crippen LogP contribution >= 0.6 is 11.3 Å². The molecular formula is C18H26N2S. The van der Waals surface area contributed by atoms with Gasteiger partial charge in [-0.25, -0.2) is 4.98 Å². The topological polar surface area (TPSA) is 24.9 Å². The van der Waals surface area contributed by atoms with Gasteiger partial charge in [-0.3, -0.25) is 0 Å². The first-order valence-corrected chi connectivity index (χ1v) is 8.46. The van der Waals surface area contributed by atoms with E-state index >= 15 is 0 Å². The highest BCUT2D eigenvalue weighted by Gasteiger charge is 2.16. The molecule has 0 spiro atoms. The summed E-state index contributed by atoms with van der Waals surface area (Å²) in [4.78, 5) is 6.24. The Bertz CT molecular complexity index is 565. The van der Waals surface area contributed by atoms with Crippen LogP contribution in [0, 0.1) is 5.92 Å². The zero-order chi connectivity index (χ0) is 15.5. The minimum atomic E-state index is 0.121. The summed E-state index contributed by atoms with van der Waals surface area (Å²) < 4.78 is 0. The van der Waals surface area contributed by atoms with Crippen molar-refractivity contribution >= 4 is 11.3 Å². The van der Waals surface area contributed by atoms with E-state index in [4.69, 9.17) is 4.98 Å². The Morgan fingerprint density at radius 3 is 2.38 bits per heavy atom. The third kappa shape index (κ3) is 4.94. The van der Waals surface area contributed by atoms with Crippen LogP contribution in [0.4, 0.5) is 0 Å². The van der Waals surface area contributed by atoms with Gasteiger partial charge in [-0.05, 0) is 26.7 Å². The number of benzene rings is 1. The van der Waals surface area contributed by atoms with Gasteiger partial charge >= 0.3 is 0 Å². The van der Waals surface area contributed by atoms with Gasteiger partial charge in [-0.1, -0.05) is 44.2 Å². The summed E-state index contributed by atoms with van der Waals surface area (Å²) in [6.45, 7) is 12.0. The summed E-state index contributed by atoms with van der Waals surface area (Å²) in [5.74, 6) is 0.642. The van der Waals surface area contributed by atoms with Crippen molar-refractivity contribution in [3.8, 4) is 11.3 Å². The average molecular weight is 302 g/mol. The van der Waals surface area contributed by atoms with Crippen LogP contribution in [-0.2, 0) is 13.0 Å². The molecule has 0 radical (unpaired) electrons. The highest BCUT2D eigenvalue weighted by atomic mass is 32.1. The lowest BCUT2D eigenvalue weighted by atomic mass is 10.1. The first-order valence-electron chi connectivity index (χ1n) is 7.64. The van der Waals surface area contributed by atoms with Gasteiger partial charge in [0.2, 0.25) is 0 Å². The minimum Gasteiger partial charge on any atom is -0.307 e. The molecule has 0 unspecified atom stereocenters. The van der Waals surface area contributed by atoms with Crippen molar-refractivity contribution in [2.24, 2.45) is 5.92 Å². The first-order chi connectivity index (χ1) is 9.85. The van der Waals surface area contributed by atoms with E-state index in [1.165, 1.54) is 15.4 Å². The molecule has 3 heteroatoms. The van der Waals surface area contributed by atoms with Gasteiger partial charge in [0.15, 0.2) is 0 Å². The van der Waals surface area contributed by atoms with Gasteiger partial charge in [0.1, 0.15) is 0 Å². The Morgan fingerprint density at radius 2 is 1.81 bits per heavy atom. The summed E-state index contributed by atoms with van der Waals surface area (Å²) in [6.07, 6.45) is 1.06. The molecular weight excluding hydrogens is 276 g/mol. The van der Waals surface area contributed by atoms with Gasteiger partial charge < -0.3 is 5.32 Å². The fraction of sp³-hybridized carbons (Fsp3) is 0.500. The van der Waals surface area contributed by atoms with Gasteiger partial charge in [0.25, 0.3) is 0 Å². The molecule has 0 aliphatic carbocycles. The predicted molar refractivity (Wildman–Crippen MR) is 92.7 cm³/mol. The monoisotopic (exact) mass is 302 g/mol. The summed E-state index contributed by atoms with van der Waals surface area (Å²) in [7, 11) is 0. The van der Waals surface area contributed by atoms with E-state index in [0.29, 0.717) is 5.92 Å². The standard InChI is InChI=1S/C18H26N2S/c1-13(2)11-16-20-17(14-9-7-6-8-10-14)15(21-16)12-19-18(3,4)5/h6-10,13,19H,11-12H2,1-5H3. The molecule has 1 heterocycles. The SMILES string of the molecule is CC(C)Cc1nc(-c2ccccc2)c(CNC(C)(C)C)s1. The fourth-order valence-electron chi connectivity index (χ4n) is 2.12. The molecule has 2 rings (SSSR count). The van der Waals surface area contributed by atoms with Crippen molar-refractivity contribution < 1.29 is 0 Å². The van der Waals surface area contributed by atoms with E-state index < -0.39 is 0 Å². The molecule has 0 fully saturated rings. The molecule has 0 amide bonds. The third-order valence-electron chi connectivity index (χ3n) is 3.15. The molecule has 0 aliphatic rings. The largest absolute Gasteiger partial charge is 0.307 e. The van der Waals surface area contributed by atoms with Crippen molar-refractivity contribution in [3.63, 3.8) is 0 Å². The number of nitrogens with one attached hydrogen (secondary N) is 1. The molecule has 2 aromatic rings. The van der Waals surface area contributed by atoms with E-state index in [2.05, 4.69) is 70.3 Å².